The molecule has 1 aliphatic rings. The topological polar surface area (TPSA) is 67.8 Å². The van der Waals surface area contributed by atoms with Crippen LogP contribution >= 0.6 is 11.6 Å². The third-order valence-electron chi connectivity index (χ3n) is 3.57. The number of benzodiazepines with no additional fused rings is 1. The minimum atomic E-state index is -0.824. The molecule has 1 atom stereocenters. The molecule has 122 valence electrons. The van der Waals surface area contributed by atoms with Gasteiger partial charge in [0.1, 0.15) is 6.61 Å². The Kier molecular flexibility index (Phi) is 4.62. The van der Waals surface area contributed by atoms with E-state index in [9.17, 15) is 9.59 Å². The highest BCUT2D eigenvalue weighted by Gasteiger charge is 2.26. The minimum Gasteiger partial charge on any atom is -0.463 e. The second-order valence-corrected chi connectivity index (χ2v) is 5.78. The van der Waals surface area contributed by atoms with Crippen LogP contribution in [-0.4, -0.2) is 30.2 Å². The first-order valence-corrected chi connectivity index (χ1v) is 7.80. The Morgan fingerprint density at radius 2 is 2.00 bits per heavy atom. The van der Waals surface area contributed by atoms with Gasteiger partial charge in [0.15, 0.2) is 6.04 Å². The zero-order valence-corrected chi connectivity index (χ0v) is 13.7. The van der Waals surface area contributed by atoms with E-state index >= 15 is 0 Å². The number of anilines is 1. The molecule has 5 nitrogen and oxygen atoms in total. The maximum atomic E-state index is 12.4. The maximum absolute atomic E-state index is 12.4. The lowest BCUT2D eigenvalue weighted by Crippen LogP contribution is -2.30. The van der Waals surface area contributed by atoms with Crippen molar-refractivity contribution in [3.8, 4) is 0 Å². The van der Waals surface area contributed by atoms with Crippen LogP contribution in [0.4, 0.5) is 5.69 Å². The van der Waals surface area contributed by atoms with E-state index in [0.717, 1.165) is 11.1 Å². The van der Waals surface area contributed by atoms with Crippen molar-refractivity contribution in [2.24, 2.45) is 4.99 Å². The average molecular weight is 343 g/mol. The number of halogens is 1. The Hall–Kier alpha value is -2.66. The normalized spacial score (nSPS) is 16.5. The molecule has 0 bridgehead atoms. The van der Waals surface area contributed by atoms with E-state index in [1.54, 1.807) is 18.2 Å². The highest BCUT2D eigenvalue weighted by molar-refractivity contribution is 6.32. The number of nitrogens with one attached hydrogen (secondary N) is 1. The second kappa shape index (κ2) is 6.84. The van der Waals surface area contributed by atoms with Crippen LogP contribution in [0, 0.1) is 0 Å². The molecule has 3 rings (SSSR count). The maximum Gasteiger partial charge on any atom is 0.302 e. The molecule has 1 aliphatic heterocycles. The van der Waals surface area contributed by atoms with Crippen molar-refractivity contribution >= 4 is 34.9 Å². The standard InChI is InChI=1S/C18H15ClN2O3/c1-11(22)24-10-16-18(23)21-15-8-7-13(19)9-14(15)17(20-16)12-5-3-2-4-6-12/h2-9,16H,10H2,1H3,(H,21,23)/t16-/m0/s1. The quantitative estimate of drug-likeness (QED) is 0.872. The number of carbonyl (C=O) groups is 2. The van der Waals surface area contributed by atoms with Crippen molar-refractivity contribution in [3.05, 3.63) is 64.7 Å². The summed E-state index contributed by atoms with van der Waals surface area (Å²) in [5.74, 6) is -0.783. The molecular weight excluding hydrogens is 328 g/mol. The lowest BCUT2D eigenvalue weighted by Gasteiger charge is -2.10. The van der Waals surface area contributed by atoms with Crippen LogP contribution in [0.1, 0.15) is 18.1 Å². The number of carbonyl (C=O) groups excluding carboxylic acids is 2. The summed E-state index contributed by atoms with van der Waals surface area (Å²) in [4.78, 5) is 28.0. The van der Waals surface area contributed by atoms with Gasteiger partial charge in [0.05, 0.1) is 11.4 Å². The Bertz CT molecular complexity index is 818. The fourth-order valence-corrected chi connectivity index (χ4v) is 2.63. The predicted octanol–water partition coefficient (Wildman–Crippen LogP) is 3.06. The molecule has 2 aromatic rings. The van der Waals surface area contributed by atoms with Crippen molar-refractivity contribution in [1.29, 1.82) is 0 Å². The predicted molar refractivity (Wildman–Crippen MR) is 92.6 cm³/mol. The molecule has 0 saturated heterocycles. The van der Waals surface area contributed by atoms with Gasteiger partial charge in [0.25, 0.3) is 5.91 Å². The summed E-state index contributed by atoms with van der Waals surface area (Å²) in [6.45, 7) is 1.18. The first kappa shape index (κ1) is 16.2. The second-order valence-electron chi connectivity index (χ2n) is 5.34. The molecule has 1 heterocycles. The van der Waals surface area contributed by atoms with E-state index in [-0.39, 0.29) is 12.5 Å². The van der Waals surface area contributed by atoms with Gasteiger partial charge in [-0.05, 0) is 18.2 Å². The molecule has 0 unspecified atom stereocenters. The zero-order chi connectivity index (χ0) is 17.1. The number of hydrogen-bond acceptors (Lipinski definition) is 4. The molecule has 6 heteroatoms. The molecule has 0 saturated carbocycles. The van der Waals surface area contributed by atoms with Crippen LogP contribution < -0.4 is 5.32 Å². The van der Waals surface area contributed by atoms with Gasteiger partial charge in [0, 0.05) is 23.1 Å². The molecule has 1 N–H and O–H groups in total. The fourth-order valence-electron chi connectivity index (χ4n) is 2.46. The molecule has 0 fully saturated rings. The number of amides is 1. The van der Waals surface area contributed by atoms with E-state index in [0.29, 0.717) is 16.4 Å². The van der Waals surface area contributed by atoms with Crippen LogP contribution in [0.2, 0.25) is 5.02 Å². The number of fused-ring (bicyclic) bond motifs is 1. The Labute approximate surface area is 144 Å². The van der Waals surface area contributed by atoms with Gasteiger partial charge < -0.3 is 10.1 Å². The molecule has 1 amide bonds. The summed E-state index contributed by atoms with van der Waals surface area (Å²) in [6, 6.07) is 13.9. The Balaban J connectivity index is 2.10. The number of esters is 1. The number of ether oxygens (including phenoxy) is 1. The largest absolute Gasteiger partial charge is 0.463 e. The van der Waals surface area contributed by atoms with E-state index in [4.69, 9.17) is 16.3 Å². The number of aliphatic imine (C=N–C) groups is 1. The average Bonchev–Trinajstić information content (AvgIpc) is 2.70. The SMILES string of the molecule is CC(=O)OC[C@@H]1N=C(c2ccccc2)c2cc(Cl)ccc2NC1=O. The van der Waals surface area contributed by atoms with Crippen molar-refractivity contribution < 1.29 is 14.3 Å². The molecule has 24 heavy (non-hydrogen) atoms. The molecular formula is C18H15ClN2O3. The van der Waals surface area contributed by atoms with Gasteiger partial charge >= 0.3 is 5.97 Å². The Morgan fingerprint density at radius 1 is 1.25 bits per heavy atom. The first-order valence-electron chi connectivity index (χ1n) is 7.42. The highest BCUT2D eigenvalue weighted by atomic mass is 35.5. The van der Waals surface area contributed by atoms with Gasteiger partial charge in [-0.2, -0.15) is 0 Å². The van der Waals surface area contributed by atoms with Gasteiger partial charge in [0.2, 0.25) is 0 Å². The van der Waals surface area contributed by atoms with Gasteiger partial charge in [-0.15, -0.1) is 0 Å². The number of nitrogens with zero attached hydrogens (tertiary/aromatic N) is 1. The van der Waals surface area contributed by atoms with Crippen LogP contribution in [0.3, 0.4) is 0 Å². The monoisotopic (exact) mass is 342 g/mol. The number of benzene rings is 2. The van der Waals surface area contributed by atoms with Crippen LogP contribution in [0.25, 0.3) is 0 Å². The van der Waals surface area contributed by atoms with E-state index in [1.165, 1.54) is 6.92 Å². The van der Waals surface area contributed by atoms with Crippen molar-refractivity contribution in [1.82, 2.24) is 0 Å². The summed E-state index contributed by atoms with van der Waals surface area (Å²) >= 11 is 6.12. The summed E-state index contributed by atoms with van der Waals surface area (Å²) in [6.07, 6.45) is 0. The summed E-state index contributed by atoms with van der Waals surface area (Å²) in [5.41, 5.74) is 2.83. The third kappa shape index (κ3) is 3.46. The molecule has 0 radical (unpaired) electrons. The van der Waals surface area contributed by atoms with E-state index in [2.05, 4.69) is 10.3 Å². The van der Waals surface area contributed by atoms with E-state index < -0.39 is 12.0 Å². The first-order chi connectivity index (χ1) is 11.5. The fraction of sp³-hybridized carbons (Fsp3) is 0.167. The molecule has 2 aromatic carbocycles. The molecule has 0 spiro atoms. The molecule has 0 aromatic heterocycles. The van der Waals surface area contributed by atoms with Crippen molar-refractivity contribution in [3.63, 3.8) is 0 Å². The van der Waals surface area contributed by atoms with Crippen LogP contribution in [-0.2, 0) is 14.3 Å². The summed E-state index contributed by atoms with van der Waals surface area (Å²) in [7, 11) is 0. The van der Waals surface area contributed by atoms with Crippen molar-refractivity contribution in [2.75, 3.05) is 11.9 Å². The number of hydrogen-bond donors (Lipinski definition) is 1. The lowest BCUT2D eigenvalue weighted by atomic mass is 10.0. The molecule has 0 aliphatic carbocycles. The van der Waals surface area contributed by atoms with Crippen molar-refractivity contribution in [2.45, 2.75) is 13.0 Å². The third-order valence-corrected chi connectivity index (χ3v) is 3.81. The van der Waals surface area contributed by atoms with Gasteiger partial charge in [-0.25, -0.2) is 0 Å². The van der Waals surface area contributed by atoms with Crippen LogP contribution in [0.5, 0.6) is 0 Å². The Morgan fingerprint density at radius 3 is 2.71 bits per heavy atom. The zero-order valence-electron chi connectivity index (χ0n) is 13.0. The summed E-state index contributed by atoms with van der Waals surface area (Å²) < 4.78 is 4.98. The minimum absolute atomic E-state index is 0.112. The number of rotatable bonds is 3. The summed E-state index contributed by atoms with van der Waals surface area (Å²) in [5, 5.41) is 3.37. The van der Waals surface area contributed by atoms with E-state index in [1.807, 2.05) is 30.3 Å². The highest BCUT2D eigenvalue weighted by Crippen LogP contribution is 2.27. The van der Waals surface area contributed by atoms with Gasteiger partial charge in [-0.3, -0.25) is 14.6 Å². The smallest absolute Gasteiger partial charge is 0.302 e. The van der Waals surface area contributed by atoms with Gasteiger partial charge in [-0.1, -0.05) is 41.9 Å². The van der Waals surface area contributed by atoms with Crippen LogP contribution in [0.15, 0.2) is 53.5 Å². The lowest BCUT2D eigenvalue weighted by molar-refractivity contribution is -0.142.